The highest BCUT2D eigenvalue weighted by molar-refractivity contribution is 6.30. The Morgan fingerprint density at radius 3 is 2.50 bits per heavy atom. The number of carbonyl (C=O) groups excluding carboxylic acids is 1. The van der Waals surface area contributed by atoms with E-state index in [9.17, 15) is 9.90 Å². The van der Waals surface area contributed by atoms with Gasteiger partial charge in [0.05, 0.1) is 13.7 Å². The first-order chi connectivity index (χ1) is 11.6. The standard InChI is InChI=1S/C19H16ClNO3/c1-24-19(23)21(15-9-7-14(20)8-10-15)12-17-16-5-3-2-4-13(16)6-11-18(17)22/h2-11,22H,12H2,1H3. The maximum Gasteiger partial charge on any atom is 0.414 e. The van der Waals surface area contributed by atoms with Gasteiger partial charge >= 0.3 is 6.09 Å². The second kappa shape index (κ2) is 6.81. The lowest BCUT2D eigenvalue weighted by atomic mass is 10.0. The van der Waals surface area contributed by atoms with Crippen molar-refractivity contribution in [3.63, 3.8) is 0 Å². The summed E-state index contributed by atoms with van der Waals surface area (Å²) in [5.41, 5.74) is 1.30. The van der Waals surface area contributed by atoms with E-state index in [-0.39, 0.29) is 12.3 Å². The minimum atomic E-state index is -0.510. The highest BCUT2D eigenvalue weighted by Gasteiger charge is 2.19. The molecule has 0 radical (unpaired) electrons. The number of phenols is 1. The van der Waals surface area contributed by atoms with Crippen LogP contribution < -0.4 is 4.90 Å². The van der Waals surface area contributed by atoms with Crippen molar-refractivity contribution in [1.29, 1.82) is 0 Å². The predicted molar refractivity (Wildman–Crippen MR) is 95.7 cm³/mol. The van der Waals surface area contributed by atoms with E-state index in [2.05, 4.69) is 0 Å². The highest BCUT2D eigenvalue weighted by atomic mass is 35.5. The molecule has 0 saturated carbocycles. The second-order valence-electron chi connectivity index (χ2n) is 5.32. The molecule has 24 heavy (non-hydrogen) atoms. The molecule has 4 nitrogen and oxygen atoms in total. The van der Waals surface area contributed by atoms with Crippen LogP contribution in [0.5, 0.6) is 5.75 Å². The van der Waals surface area contributed by atoms with Crippen molar-refractivity contribution in [1.82, 2.24) is 0 Å². The minimum Gasteiger partial charge on any atom is -0.508 e. The molecule has 122 valence electrons. The molecule has 0 atom stereocenters. The Morgan fingerprint density at radius 1 is 1.08 bits per heavy atom. The van der Waals surface area contributed by atoms with E-state index in [1.807, 2.05) is 30.3 Å². The van der Waals surface area contributed by atoms with Gasteiger partial charge in [0.2, 0.25) is 0 Å². The number of anilines is 1. The molecule has 0 aliphatic heterocycles. The topological polar surface area (TPSA) is 49.8 Å². The molecule has 0 heterocycles. The van der Waals surface area contributed by atoms with E-state index in [4.69, 9.17) is 16.3 Å². The molecule has 1 N–H and O–H groups in total. The van der Waals surface area contributed by atoms with Crippen molar-refractivity contribution in [3.8, 4) is 5.75 Å². The molecular formula is C19H16ClNO3. The van der Waals surface area contributed by atoms with Crippen LogP contribution in [0.4, 0.5) is 10.5 Å². The average molecular weight is 342 g/mol. The third-order valence-electron chi connectivity index (χ3n) is 3.87. The van der Waals surface area contributed by atoms with Gasteiger partial charge in [-0.1, -0.05) is 41.9 Å². The van der Waals surface area contributed by atoms with E-state index in [1.165, 1.54) is 12.0 Å². The fourth-order valence-corrected chi connectivity index (χ4v) is 2.77. The lowest BCUT2D eigenvalue weighted by Gasteiger charge is -2.23. The van der Waals surface area contributed by atoms with Gasteiger partial charge in [0, 0.05) is 16.3 Å². The summed E-state index contributed by atoms with van der Waals surface area (Å²) in [7, 11) is 1.33. The molecular weight excluding hydrogens is 326 g/mol. The number of aromatic hydroxyl groups is 1. The van der Waals surface area contributed by atoms with Crippen molar-refractivity contribution in [2.24, 2.45) is 0 Å². The van der Waals surface area contributed by atoms with Gasteiger partial charge in [0.1, 0.15) is 5.75 Å². The van der Waals surface area contributed by atoms with Crippen LogP contribution in [0.3, 0.4) is 0 Å². The highest BCUT2D eigenvalue weighted by Crippen LogP contribution is 2.30. The number of halogens is 1. The van der Waals surface area contributed by atoms with E-state index < -0.39 is 6.09 Å². The number of nitrogens with zero attached hydrogens (tertiary/aromatic N) is 1. The molecule has 0 bridgehead atoms. The first-order valence-electron chi connectivity index (χ1n) is 7.41. The summed E-state index contributed by atoms with van der Waals surface area (Å²) in [5.74, 6) is 0.136. The van der Waals surface area contributed by atoms with Crippen molar-refractivity contribution in [2.75, 3.05) is 12.0 Å². The largest absolute Gasteiger partial charge is 0.508 e. The third kappa shape index (κ3) is 3.14. The van der Waals surface area contributed by atoms with Gasteiger partial charge in [-0.05, 0) is 41.1 Å². The third-order valence-corrected chi connectivity index (χ3v) is 4.12. The number of hydrogen-bond donors (Lipinski definition) is 1. The number of fused-ring (bicyclic) bond motifs is 1. The normalized spacial score (nSPS) is 10.6. The number of ether oxygens (including phenoxy) is 1. The van der Waals surface area contributed by atoms with Crippen LogP contribution in [0.1, 0.15) is 5.56 Å². The number of rotatable bonds is 3. The van der Waals surface area contributed by atoms with Crippen LogP contribution in [-0.2, 0) is 11.3 Å². The summed E-state index contributed by atoms with van der Waals surface area (Å²) in [5, 5.41) is 12.8. The summed E-state index contributed by atoms with van der Waals surface area (Å²) in [6.07, 6.45) is -0.510. The van der Waals surface area contributed by atoms with Gasteiger partial charge < -0.3 is 9.84 Å². The SMILES string of the molecule is COC(=O)N(Cc1c(O)ccc2ccccc12)c1ccc(Cl)cc1. The Kier molecular flexibility index (Phi) is 4.58. The average Bonchev–Trinajstić information content (AvgIpc) is 2.61. The van der Waals surface area contributed by atoms with Crippen LogP contribution in [-0.4, -0.2) is 18.3 Å². The monoisotopic (exact) mass is 341 g/mol. The summed E-state index contributed by atoms with van der Waals surface area (Å²) in [6.45, 7) is 0.182. The molecule has 5 heteroatoms. The number of amides is 1. The molecule has 1 amide bonds. The molecule has 3 rings (SSSR count). The Bertz CT molecular complexity index is 877. The zero-order chi connectivity index (χ0) is 17.1. The summed E-state index contributed by atoms with van der Waals surface area (Å²) in [4.78, 5) is 13.7. The van der Waals surface area contributed by atoms with Gasteiger partial charge in [0.25, 0.3) is 0 Å². The van der Waals surface area contributed by atoms with E-state index in [0.717, 1.165) is 10.8 Å². The number of phenolic OH excluding ortho intramolecular Hbond substituents is 1. The quantitative estimate of drug-likeness (QED) is 0.731. The van der Waals surface area contributed by atoms with Crippen molar-refractivity contribution in [2.45, 2.75) is 6.54 Å². The first-order valence-corrected chi connectivity index (χ1v) is 7.78. The van der Waals surface area contributed by atoms with E-state index in [1.54, 1.807) is 30.3 Å². The molecule has 0 spiro atoms. The molecule has 0 fully saturated rings. The fourth-order valence-electron chi connectivity index (χ4n) is 2.64. The summed E-state index contributed by atoms with van der Waals surface area (Å²) >= 11 is 5.92. The number of benzene rings is 3. The molecule has 0 aromatic heterocycles. The van der Waals surface area contributed by atoms with Gasteiger partial charge in [0.15, 0.2) is 0 Å². The molecule has 0 unspecified atom stereocenters. The van der Waals surface area contributed by atoms with Crippen molar-refractivity contribution >= 4 is 34.2 Å². The molecule has 0 saturated heterocycles. The Labute approximate surface area is 144 Å². The van der Waals surface area contributed by atoms with Gasteiger partial charge in [-0.25, -0.2) is 4.79 Å². The van der Waals surface area contributed by atoms with E-state index in [0.29, 0.717) is 16.3 Å². The predicted octanol–water partition coefficient (Wildman–Crippen LogP) is 4.97. The maximum atomic E-state index is 12.2. The van der Waals surface area contributed by atoms with Crippen molar-refractivity contribution < 1.29 is 14.6 Å². The van der Waals surface area contributed by atoms with E-state index >= 15 is 0 Å². The summed E-state index contributed by atoms with van der Waals surface area (Å²) in [6, 6.07) is 18.1. The first kappa shape index (κ1) is 16.1. The van der Waals surface area contributed by atoms with Crippen LogP contribution in [0, 0.1) is 0 Å². The fraction of sp³-hybridized carbons (Fsp3) is 0.105. The molecule has 0 aliphatic carbocycles. The minimum absolute atomic E-state index is 0.136. The van der Waals surface area contributed by atoms with Crippen molar-refractivity contribution in [3.05, 3.63) is 71.2 Å². The van der Waals surface area contributed by atoms with Crippen LogP contribution in [0.15, 0.2) is 60.7 Å². The van der Waals surface area contributed by atoms with Gasteiger partial charge in [-0.2, -0.15) is 0 Å². The lowest BCUT2D eigenvalue weighted by molar-refractivity contribution is 0.178. The van der Waals surface area contributed by atoms with Crippen LogP contribution in [0.25, 0.3) is 10.8 Å². The summed E-state index contributed by atoms with van der Waals surface area (Å²) < 4.78 is 4.89. The number of hydrogen-bond acceptors (Lipinski definition) is 3. The number of carbonyl (C=O) groups is 1. The molecule has 3 aromatic rings. The Hall–Kier alpha value is -2.72. The Balaban J connectivity index is 2.06. The number of methoxy groups -OCH3 is 1. The van der Waals surface area contributed by atoms with Crippen LogP contribution in [0.2, 0.25) is 5.02 Å². The maximum absolute atomic E-state index is 12.2. The van der Waals surface area contributed by atoms with Gasteiger partial charge in [-0.15, -0.1) is 0 Å². The van der Waals surface area contributed by atoms with Crippen LogP contribution >= 0.6 is 11.6 Å². The zero-order valence-electron chi connectivity index (χ0n) is 13.1. The molecule has 0 aliphatic rings. The second-order valence-corrected chi connectivity index (χ2v) is 5.75. The smallest absolute Gasteiger partial charge is 0.414 e. The molecule has 3 aromatic carbocycles. The van der Waals surface area contributed by atoms with Gasteiger partial charge in [-0.3, -0.25) is 4.90 Å². The zero-order valence-corrected chi connectivity index (χ0v) is 13.8. The lowest BCUT2D eigenvalue weighted by Crippen LogP contribution is -2.30. The Morgan fingerprint density at radius 2 is 1.79 bits per heavy atom.